The predicted octanol–water partition coefficient (Wildman–Crippen LogP) is 1.62. The van der Waals surface area contributed by atoms with Crippen molar-refractivity contribution >= 4 is 17.6 Å². The highest BCUT2D eigenvalue weighted by Crippen LogP contribution is 2.35. The van der Waals surface area contributed by atoms with Crippen LogP contribution < -0.4 is 0 Å². The molecule has 0 bridgehead atoms. The first-order valence-corrected chi connectivity index (χ1v) is 3.19. The SMILES string of the molecule is O=C(O)C1(Cl)N=NC=C1C(F)F. The highest BCUT2D eigenvalue weighted by atomic mass is 35.5. The molecule has 0 saturated carbocycles. The molecule has 0 fully saturated rings. The first-order valence-electron chi connectivity index (χ1n) is 2.81. The fourth-order valence-electron chi connectivity index (χ4n) is 0.681. The number of carboxylic acids is 1. The Morgan fingerprint density at radius 2 is 2.33 bits per heavy atom. The summed E-state index contributed by atoms with van der Waals surface area (Å²) in [7, 11) is 0. The molecule has 1 aliphatic rings. The van der Waals surface area contributed by atoms with Crippen LogP contribution in [-0.2, 0) is 4.79 Å². The summed E-state index contributed by atoms with van der Waals surface area (Å²) >= 11 is 5.26. The molecule has 0 saturated heterocycles. The zero-order chi connectivity index (χ0) is 9.35. The van der Waals surface area contributed by atoms with Gasteiger partial charge in [0.25, 0.3) is 11.4 Å². The Morgan fingerprint density at radius 1 is 1.75 bits per heavy atom. The Balaban J connectivity index is 3.00. The predicted molar refractivity (Wildman–Crippen MR) is 35.2 cm³/mol. The molecule has 1 atom stereocenters. The summed E-state index contributed by atoms with van der Waals surface area (Å²) in [5, 5.41) is 14.5. The largest absolute Gasteiger partial charge is 0.478 e. The van der Waals surface area contributed by atoms with Crippen LogP contribution in [0.2, 0.25) is 0 Å². The lowest BCUT2D eigenvalue weighted by atomic mass is 10.1. The molecular formula is C5H3ClF2N2O2. The van der Waals surface area contributed by atoms with E-state index >= 15 is 0 Å². The zero-order valence-electron chi connectivity index (χ0n) is 5.54. The summed E-state index contributed by atoms with van der Waals surface area (Å²) < 4.78 is 24.1. The van der Waals surface area contributed by atoms with E-state index in [1.807, 2.05) is 0 Å². The van der Waals surface area contributed by atoms with Gasteiger partial charge in [0.2, 0.25) is 0 Å². The first kappa shape index (κ1) is 9.05. The maximum Gasteiger partial charge on any atom is 0.353 e. The molecule has 4 nitrogen and oxygen atoms in total. The molecule has 0 aromatic carbocycles. The van der Waals surface area contributed by atoms with Crippen molar-refractivity contribution in [3.05, 3.63) is 11.8 Å². The van der Waals surface area contributed by atoms with Gasteiger partial charge in [0.15, 0.2) is 0 Å². The number of aliphatic carboxylic acids is 1. The van der Waals surface area contributed by atoms with E-state index in [9.17, 15) is 13.6 Å². The molecule has 0 aromatic rings. The number of nitrogens with zero attached hydrogens (tertiary/aromatic N) is 2. The average molecular weight is 197 g/mol. The Kier molecular flexibility index (Phi) is 2.10. The van der Waals surface area contributed by atoms with Crippen molar-refractivity contribution in [2.45, 2.75) is 11.4 Å². The van der Waals surface area contributed by atoms with Gasteiger partial charge in [-0.15, -0.1) is 5.11 Å². The van der Waals surface area contributed by atoms with E-state index in [0.717, 1.165) is 0 Å². The second-order valence-electron chi connectivity index (χ2n) is 2.03. The molecular weight excluding hydrogens is 194 g/mol. The van der Waals surface area contributed by atoms with Gasteiger partial charge in [-0.05, 0) is 0 Å². The normalized spacial score (nSPS) is 27.8. The number of rotatable bonds is 2. The van der Waals surface area contributed by atoms with E-state index < -0.39 is 23.0 Å². The quantitative estimate of drug-likeness (QED) is 0.539. The maximum absolute atomic E-state index is 12.1. The number of carbonyl (C=O) groups is 1. The van der Waals surface area contributed by atoms with Crippen molar-refractivity contribution in [1.82, 2.24) is 0 Å². The number of carboxylic acid groups (broad SMARTS) is 1. The monoisotopic (exact) mass is 196 g/mol. The highest BCUT2D eigenvalue weighted by Gasteiger charge is 2.47. The third-order valence-corrected chi connectivity index (χ3v) is 1.75. The summed E-state index contributed by atoms with van der Waals surface area (Å²) in [5.74, 6) is -1.66. The Bertz CT molecular complexity index is 279. The summed E-state index contributed by atoms with van der Waals surface area (Å²) in [6.45, 7) is 0. The molecule has 0 aliphatic carbocycles. The van der Waals surface area contributed by atoms with Crippen LogP contribution in [0.1, 0.15) is 0 Å². The van der Waals surface area contributed by atoms with Gasteiger partial charge < -0.3 is 5.11 Å². The lowest BCUT2D eigenvalue weighted by Gasteiger charge is -2.13. The first-order chi connectivity index (χ1) is 5.48. The van der Waals surface area contributed by atoms with Gasteiger partial charge >= 0.3 is 5.97 Å². The maximum atomic E-state index is 12.1. The van der Waals surface area contributed by atoms with Gasteiger partial charge in [-0.2, -0.15) is 5.11 Å². The van der Waals surface area contributed by atoms with E-state index in [0.29, 0.717) is 6.20 Å². The van der Waals surface area contributed by atoms with Gasteiger partial charge in [-0.1, -0.05) is 11.6 Å². The van der Waals surface area contributed by atoms with E-state index in [2.05, 4.69) is 10.2 Å². The van der Waals surface area contributed by atoms with Crippen LogP contribution in [0, 0.1) is 0 Å². The van der Waals surface area contributed by atoms with Crippen molar-refractivity contribution in [2.75, 3.05) is 0 Å². The Hall–Kier alpha value is -1.04. The third-order valence-electron chi connectivity index (χ3n) is 1.29. The summed E-state index contributed by atoms with van der Waals surface area (Å²) in [6.07, 6.45) is -2.31. The molecule has 12 heavy (non-hydrogen) atoms. The number of halogens is 3. The number of azo groups is 1. The smallest absolute Gasteiger partial charge is 0.353 e. The van der Waals surface area contributed by atoms with Gasteiger partial charge in [-0.3, -0.25) is 0 Å². The van der Waals surface area contributed by atoms with Crippen LogP contribution in [-0.4, -0.2) is 22.5 Å². The van der Waals surface area contributed by atoms with Gasteiger partial charge in [0.1, 0.15) is 0 Å². The van der Waals surface area contributed by atoms with Crippen LogP contribution >= 0.6 is 11.6 Å². The van der Waals surface area contributed by atoms with Crippen molar-refractivity contribution in [1.29, 1.82) is 0 Å². The van der Waals surface area contributed by atoms with Crippen molar-refractivity contribution in [2.24, 2.45) is 10.2 Å². The molecule has 0 amide bonds. The van der Waals surface area contributed by atoms with Crippen LogP contribution in [0.15, 0.2) is 22.0 Å². The van der Waals surface area contributed by atoms with Gasteiger partial charge in [-0.25, -0.2) is 13.6 Å². The number of alkyl halides is 3. The molecule has 1 rings (SSSR count). The van der Waals surface area contributed by atoms with Crippen molar-refractivity contribution in [3.63, 3.8) is 0 Å². The molecule has 1 heterocycles. The molecule has 1 N–H and O–H groups in total. The van der Waals surface area contributed by atoms with Crippen LogP contribution in [0.25, 0.3) is 0 Å². The molecule has 66 valence electrons. The molecule has 0 spiro atoms. The van der Waals surface area contributed by atoms with Gasteiger partial charge in [0.05, 0.1) is 11.8 Å². The molecule has 0 radical (unpaired) electrons. The van der Waals surface area contributed by atoms with Crippen LogP contribution in [0.5, 0.6) is 0 Å². The van der Waals surface area contributed by atoms with Crippen LogP contribution in [0.3, 0.4) is 0 Å². The highest BCUT2D eigenvalue weighted by molar-refractivity contribution is 6.36. The van der Waals surface area contributed by atoms with E-state index in [4.69, 9.17) is 16.7 Å². The summed E-state index contributed by atoms with van der Waals surface area (Å²) in [4.78, 5) is 7.97. The second kappa shape index (κ2) is 2.78. The molecule has 1 unspecified atom stereocenters. The van der Waals surface area contributed by atoms with E-state index in [1.165, 1.54) is 0 Å². The van der Waals surface area contributed by atoms with Crippen LogP contribution in [0.4, 0.5) is 8.78 Å². The minimum absolute atomic E-state index is 0.659. The van der Waals surface area contributed by atoms with Gasteiger partial charge in [0, 0.05) is 0 Å². The third kappa shape index (κ3) is 1.18. The summed E-state index contributed by atoms with van der Waals surface area (Å²) in [5.41, 5.74) is -0.809. The Labute approximate surface area is 70.5 Å². The second-order valence-corrected chi connectivity index (χ2v) is 2.57. The lowest BCUT2D eigenvalue weighted by Crippen LogP contribution is -2.33. The fourth-order valence-corrected chi connectivity index (χ4v) is 0.856. The minimum atomic E-state index is -2.96. The fraction of sp³-hybridized carbons (Fsp3) is 0.400. The average Bonchev–Trinajstić information content (AvgIpc) is 2.32. The number of hydrogen-bond donors (Lipinski definition) is 1. The Morgan fingerprint density at radius 3 is 2.67 bits per heavy atom. The van der Waals surface area contributed by atoms with Crippen molar-refractivity contribution < 1.29 is 18.7 Å². The number of hydrogen-bond acceptors (Lipinski definition) is 3. The molecule has 1 aliphatic heterocycles. The van der Waals surface area contributed by atoms with E-state index in [-0.39, 0.29) is 0 Å². The van der Waals surface area contributed by atoms with Crippen molar-refractivity contribution in [3.8, 4) is 0 Å². The standard InChI is InChI=1S/C5H3ClF2N2O2/c6-5(4(11)12)2(3(7)8)1-9-10-5/h1,3H,(H,11,12). The molecule has 7 heteroatoms. The topological polar surface area (TPSA) is 62.0 Å². The minimum Gasteiger partial charge on any atom is -0.478 e. The molecule has 0 aromatic heterocycles. The van der Waals surface area contributed by atoms with E-state index in [1.54, 1.807) is 0 Å². The lowest BCUT2D eigenvalue weighted by molar-refractivity contribution is -0.139. The summed E-state index contributed by atoms with van der Waals surface area (Å²) in [6, 6.07) is 0. The zero-order valence-corrected chi connectivity index (χ0v) is 6.29.